The number of hydrogen-bond donors (Lipinski definition) is 2. The number of anilines is 1. The smallest absolute Gasteiger partial charge is 0.280 e. The molecule has 1 aromatic heterocycles. The van der Waals surface area contributed by atoms with Gasteiger partial charge in [-0.1, -0.05) is 35.3 Å². The Morgan fingerprint density at radius 3 is 2.62 bits per heavy atom. The summed E-state index contributed by atoms with van der Waals surface area (Å²) in [5.41, 5.74) is 0.832. The number of carbonyl (C=O) groups excluding carboxylic acids is 1. The summed E-state index contributed by atoms with van der Waals surface area (Å²) < 4.78 is 1.05. The average molecular weight is 390 g/mol. The fourth-order valence-electron chi connectivity index (χ4n) is 2.33. The number of amides is 1. The van der Waals surface area contributed by atoms with Crippen LogP contribution < -0.4 is 10.9 Å². The summed E-state index contributed by atoms with van der Waals surface area (Å²) in [6, 6.07) is 12.5. The van der Waals surface area contributed by atoms with Gasteiger partial charge in [0, 0.05) is 11.1 Å². The lowest BCUT2D eigenvalue weighted by molar-refractivity contribution is 0.101. The first-order chi connectivity index (χ1) is 12.3. The molecule has 0 aliphatic heterocycles. The van der Waals surface area contributed by atoms with Crippen LogP contribution in [0.5, 0.6) is 5.75 Å². The van der Waals surface area contributed by atoms with Gasteiger partial charge in [0.25, 0.3) is 11.5 Å². The van der Waals surface area contributed by atoms with E-state index in [4.69, 9.17) is 23.2 Å². The van der Waals surface area contributed by atoms with E-state index in [2.05, 4.69) is 10.4 Å². The molecule has 0 unspecified atom stereocenters. The summed E-state index contributed by atoms with van der Waals surface area (Å²) in [7, 11) is 0. The van der Waals surface area contributed by atoms with Crippen molar-refractivity contribution in [3.63, 3.8) is 0 Å². The van der Waals surface area contributed by atoms with E-state index in [1.165, 1.54) is 12.1 Å². The quantitative estimate of drug-likeness (QED) is 0.713. The van der Waals surface area contributed by atoms with E-state index >= 15 is 0 Å². The van der Waals surface area contributed by atoms with Crippen LogP contribution in [-0.2, 0) is 0 Å². The molecule has 0 bridgehead atoms. The van der Waals surface area contributed by atoms with Crippen molar-refractivity contribution in [3.8, 4) is 11.4 Å². The molecule has 0 saturated carbocycles. The monoisotopic (exact) mass is 389 g/mol. The van der Waals surface area contributed by atoms with E-state index in [1.807, 2.05) is 13.0 Å². The van der Waals surface area contributed by atoms with Crippen LogP contribution in [-0.4, -0.2) is 20.8 Å². The highest BCUT2D eigenvalue weighted by Crippen LogP contribution is 2.26. The van der Waals surface area contributed by atoms with E-state index in [9.17, 15) is 14.7 Å². The largest absolute Gasteiger partial charge is 0.505 e. The second kappa shape index (κ2) is 7.19. The van der Waals surface area contributed by atoms with Gasteiger partial charge in [0.05, 0.1) is 16.4 Å². The van der Waals surface area contributed by atoms with Crippen molar-refractivity contribution in [3.05, 3.63) is 80.2 Å². The van der Waals surface area contributed by atoms with Crippen molar-refractivity contribution in [1.82, 2.24) is 9.78 Å². The minimum atomic E-state index is -0.715. The van der Waals surface area contributed by atoms with Crippen molar-refractivity contribution in [2.45, 2.75) is 6.92 Å². The molecular weight excluding hydrogens is 377 g/mol. The van der Waals surface area contributed by atoms with Gasteiger partial charge in [-0.25, -0.2) is 0 Å². The Labute approximate surface area is 158 Å². The maximum Gasteiger partial charge on any atom is 0.280 e. The zero-order valence-corrected chi connectivity index (χ0v) is 15.0. The molecule has 0 saturated heterocycles. The van der Waals surface area contributed by atoms with Crippen LogP contribution >= 0.6 is 23.2 Å². The first kappa shape index (κ1) is 18.0. The van der Waals surface area contributed by atoms with E-state index in [0.29, 0.717) is 16.4 Å². The highest BCUT2D eigenvalue weighted by atomic mass is 35.5. The molecule has 0 aliphatic carbocycles. The van der Waals surface area contributed by atoms with Gasteiger partial charge >= 0.3 is 0 Å². The fraction of sp³-hybridized carbons (Fsp3) is 0.0556. The molecule has 2 N–H and O–H groups in total. The molecule has 6 nitrogen and oxygen atoms in total. The third-order valence-electron chi connectivity index (χ3n) is 3.55. The zero-order chi connectivity index (χ0) is 18.8. The molecule has 26 heavy (non-hydrogen) atoms. The summed E-state index contributed by atoms with van der Waals surface area (Å²) in [6.07, 6.45) is 0. The van der Waals surface area contributed by atoms with Gasteiger partial charge in [-0.2, -0.15) is 9.78 Å². The van der Waals surface area contributed by atoms with E-state index < -0.39 is 17.2 Å². The maximum atomic E-state index is 12.5. The first-order valence-electron chi connectivity index (χ1n) is 7.52. The van der Waals surface area contributed by atoms with Crippen molar-refractivity contribution >= 4 is 34.8 Å². The number of carbonyl (C=O) groups is 1. The van der Waals surface area contributed by atoms with Crippen LogP contribution in [0.25, 0.3) is 5.69 Å². The summed E-state index contributed by atoms with van der Waals surface area (Å²) in [5, 5.41) is 17.2. The van der Waals surface area contributed by atoms with Crippen LogP contribution in [0.3, 0.4) is 0 Å². The zero-order valence-electron chi connectivity index (χ0n) is 13.5. The Hall–Kier alpha value is -2.83. The molecule has 2 aromatic carbocycles. The molecule has 0 radical (unpaired) electrons. The topological polar surface area (TPSA) is 84.2 Å². The minimum Gasteiger partial charge on any atom is -0.505 e. The van der Waals surface area contributed by atoms with Crippen molar-refractivity contribution in [2.75, 3.05) is 5.32 Å². The Morgan fingerprint density at radius 2 is 1.92 bits per heavy atom. The Balaban J connectivity index is 2.00. The van der Waals surface area contributed by atoms with Gasteiger partial charge in [0.1, 0.15) is 0 Å². The van der Waals surface area contributed by atoms with Crippen LogP contribution in [0.4, 0.5) is 5.69 Å². The number of hydrogen-bond acceptors (Lipinski definition) is 4. The van der Waals surface area contributed by atoms with Gasteiger partial charge in [0.2, 0.25) is 0 Å². The van der Waals surface area contributed by atoms with Crippen LogP contribution in [0.15, 0.2) is 53.3 Å². The molecule has 3 rings (SSSR count). The first-order valence-corrected chi connectivity index (χ1v) is 8.27. The SMILES string of the molecule is Cc1cccc(-n2nc(C(=O)Nc3ccc(Cl)cc3Cl)c(O)cc2=O)c1. The molecule has 132 valence electrons. The molecule has 0 spiro atoms. The lowest BCUT2D eigenvalue weighted by Gasteiger charge is -2.11. The van der Waals surface area contributed by atoms with Gasteiger partial charge in [-0.05, 0) is 42.8 Å². The number of nitrogens with one attached hydrogen (secondary N) is 1. The van der Waals surface area contributed by atoms with E-state index in [-0.39, 0.29) is 10.7 Å². The average Bonchev–Trinajstić information content (AvgIpc) is 2.57. The standard InChI is InChI=1S/C18H13Cl2N3O3/c1-10-3-2-4-12(7-10)23-16(25)9-15(24)17(22-23)18(26)21-14-6-5-11(19)8-13(14)20/h2-9,24H,1H3,(H,21,26). The highest BCUT2D eigenvalue weighted by Gasteiger charge is 2.18. The fourth-order valence-corrected chi connectivity index (χ4v) is 2.78. The highest BCUT2D eigenvalue weighted by molar-refractivity contribution is 6.36. The predicted molar refractivity (Wildman–Crippen MR) is 101 cm³/mol. The molecule has 8 heteroatoms. The number of aromatic hydroxyl groups is 1. The Bertz CT molecular complexity index is 1060. The second-order valence-corrected chi connectivity index (χ2v) is 6.39. The number of rotatable bonds is 3. The summed E-state index contributed by atoms with van der Waals surface area (Å²) in [5.74, 6) is -1.24. The van der Waals surface area contributed by atoms with Gasteiger partial charge in [-0.15, -0.1) is 0 Å². The van der Waals surface area contributed by atoms with Crippen molar-refractivity contribution < 1.29 is 9.90 Å². The molecule has 1 heterocycles. The number of halogens is 2. The Morgan fingerprint density at radius 1 is 1.15 bits per heavy atom. The Kier molecular flexibility index (Phi) is 4.97. The molecule has 0 fully saturated rings. The molecule has 1 amide bonds. The molecular formula is C18H13Cl2N3O3. The third kappa shape index (κ3) is 3.71. The lowest BCUT2D eigenvalue weighted by Crippen LogP contribution is -2.25. The van der Waals surface area contributed by atoms with Gasteiger partial charge in [0.15, 0.2) is 11.4 Å². The molecule has 0 aliphatic rings. The van der Waals surface area contributed by atoms with Crippen LogP contribution in [0.2, 0.25) is 10.0 Å². The van der Waals surface area contributed by atoms with Gasteiger partial charge in [-0.3, -0.25) is 9.59 Å². The van der Waals surface area contributed by atoms with Gasteiger partial charge < -0.3 is 10.4 Å². The normalized spacial score (nSPS) is 10.6. The molecule has 0 atom stereocenters. The van der Waals surface area contributed by atoms with E-state index in [0.717, 1.165) is 16.3 Å². The van der Waals surface area contributed by atoms with Crippen LogP contribution in [0, 0.1) is 6.92 Å². The number of nitrogens with zero attached hydrogens (tertiary/aromatic N) is 2. The summed E-state index contributed by atoms with van der Waals surface area (Å²) in [4.78, 5) is 24.6. The summed E-state index contributed by atoms with van der Waals surface area (Å²) in [6.45, 7) is 1.87. The predicted octanol–water partition coefficient (Wildman–Crippen LogP) is 3.81. The third-order valence-corrected chi connectivity index (χ3v) is 4.10. The molecule has 3 aromatic rings. The number of aryl methyl sites for hydroxylation is 1. The second-order valence-electron chi connectivity index (χ2n) is 5.55. The van der Waals surface area contributed by atoms with Crippen molar-refractivity contribution in [1.29, 1.82) is 0 Å². The number of benzene rings is 2. The maximum absolute atomic E-state index is 12.5. The summed E-state index contributed by atoms with van der Waals surface area (Å²) >= 11 is 11.9. The van der Waals surface area contributed by atoms with Crippen molar-refractivity contribution in [2.24, 2.45) is 0 Å². The lowest BCUT2D eigenvalue weighted by atomic mass is 10.2. The number of aromatic nitrogens is 2. The van der Waals surface area contributed by atoms with Crippen LogP contribution in [0.1, 0.15) is 16.1 Å². The minimum absolute atomic E-state index is 0.234. The van der Waals surface area contributed by atoms with E-state index in [1.54, 1.807) is 24.3 Å².